The molecule has 0 fully saturated rings. The van der Waals surface area contributed by atoms with Gasteiger partial charge in [0.05, 0.1) is 21.9 Å². The molecule has 1 heterocycles. The molecule has 5 nitrogen and oxygen atoms in total. The second kappa shape index (κ2) is 5.82. The Bertz CT molecular complexity index is 435. The molecule has 0 saturated heterocycles. The second-order valence-electron chi connectivity index (χ2n) is 3.71. The Morgan fingerprint density at radius 3 is 2.53 bits per heavy atom. The molecule has 0 aliphatic rings. The van der Waals surface area contributed by atoms with E-state index in [-0.39, 0.29) is 10.6 Å². The predicted octanol–water partition coefficient (Wildman–Crippen LogP) is 2.82. The number of nitrogens with zero attached hydrogens (tertiary/aromatic N) is 2. The summed E-state index contributed by atoms with van der Waals surface area (Å²) in [5.74, 6) is 0.349. The zero-order chi connectivity index (χ0) is 13.0. The Kier molecular flexibility index (Phi) is 4.69. The number of aromatic nitrogens is 1. The fourth-order valence-electron chi connectivity index (χ4n) is 1.91. The Labute approximate surface area is 105 Å². The molecule has 0 bridgehead atoms. The van der Waals surface area contributed by atoms with Gasteiger partial charge in [0, 0.05) is 12.4 Å². The van der Waals surface area contributed by atoms with Crippen LogP contribution in [0.25, 0.3) is 0 Å². The van der Waals surface area contributed by atoms with Crippen LogP contribution in [0.5, 0.6) is 0 Å². The quantitative estimate of drug-likeness (QED) is 0.500. The fourth-order valence-corrected chi connectivity index (χ4v) is 2.10. The van der Waals surface area contributed by atoms with Crippen molar-refractivity contribution in [1.29, 1.82) is 0 Å². The molecule has 0 aliphatic heterocycles. The highest BCUT2D eigenvalue weighted by atomic mass is 35.5. The fraction of sp³-hybridized carbons (Fsp3) is 0.545. The number of aryl methyl sites for hydroxylation is 2. The molecule has 0 aromatic carbocycles. The van der Waals surface area contributed by atoms with E-state index in [4.69, 9.17) is 11.6 Å². The third-order valence-electron chi connectivity index (χ3n) is 2.51. The van der Waals surface area contributed by atoms with Crippen molar-refractivity contribution in [2.24, 2.45) is 0 Å². The zero-order valence-corrected chi connectivity index (χ0v) is 11.0. The minimum absolute atomic E-state index is 0.0761. The Balaban J connectivity index is 3.46. The Morgan fingerprint density at radius 2 is 2.06 bits per heavy atom. The molecular formula is C11H16ClN3O2. The van der Waals surface area contributed by atoms with Crippen molar-refractivity contribution in [1.82, 2.24) is 4.98 Å². The van der Waals surface area contributed by atoms with Crippen LogP contribution in [0.1, 0.15) is 23.9 Å². The maximum atomic E-state index is 11.1. The van der Waals surface area contributed by atoms with Gasteiger partial charge in [0.2, 0.25) is 0 Å². The summed E-state index contributed by atoms with van der Waals surface area (Å²) in [6.45, 7) is 6.12. The van der Waals surface area contributed by atoms with E-state index in [9.17, 15) is 10.1 Å². The molecule has 0 amide bonds. The average Bonchev–Trinajstić information content (AvgIpc) is 2.23. The number of pyridine rings is 1. The zero-order valence-electron chi connectivity index (χ0n) is 10.2. The van der Waals surface area contributed by atoms with Crippen LogP contribution in [0.15, 0.2) is 0 Å². The number of halogens is 1. The van der Waals surface area contributed by atoms with Crippen molar-refractivity contribution in [3.63, 3.8) is 0 Å². The number of anilines is 1. The van der Waals surface area contributed by atoms with Gasteiger partial charge in [-0.25, -0.2) is 4.98 Å². The first kappa shape index (κ1) is 13.7. The normalized spacial score (nSPS) is 10.4. The molecule has 94 valence electrons. The summed E-state index contributed by atoms with van der Waals surface area (Å²) in [6, 6.07) is 0. The lowest BCUT2D eigenvalue weighted by molar-refractivity contribution is -0.386. The van der Waals surface area contributed by atoms with E-state index in [0.717, 1.165) is 11.4 Å². The number of nitrogens with one attached hydrogen (secondary N) is 1. The first-order chi connectivity index (χ1) is 8.02. The SMILES string of the molecule is CCNc1c(C)nc(C)c([N+](=O)[O-])c1CCCl. The third kappa shape index (κ3) is 2.85. The van der Waals surface area contributed by atoms with Crippen molar-refractivity contribution in [2.45, 2.75) is 27.2 Å². The van der Waals surface area contributed by atoms with E-state index in [2.05, 4.69) is 10.3 Å². The summed E-state index contributed by atoms with van der Waals surface area (Å²) in [5, 5.41) is 14.2. The second-order valence-corrected chi connectivity index (χ2v) is 4.09. The molecule has 1 N–H and O–H groups in total. The number of alkyl halides is 1. The number of nitro groups is 1. The Morgan fingerprint density at radius 1 is 1.41 bits per heavy atom. The van der Waals surface area contributed by atoms with Crippen LogP contribution in [0.4, 0.5) is 11.4 Å². The molecule has 1 aromatic heterocycles. The van der Waals surface area contributed by atoms with Gasteiger partial charge < -0.3 is 5.32 Å². The Hall–Kier alpha value is -1.36. The predicted molar refractivity (Wildman–Crippen MR) is 69.0 cm³/mol. The van der Waals surface area contributed by atoms with Crippen LogP contribution >= 0.6 is 11.6 Å². The standard InChI is InChI=1S/C11H16ClN3O2/c1-4-13-10-7(2)14-8(3)11(15(16)17)9(10)5-6-12/h13H,4-6H2,1-3H3. The number of hydrogen-bond acceptors (Lipinski definition) is 4. The van der Waals surface area contributed by atoms with Crippen molar-refractivity contribution in [2.75, 3.05) is 17.7 Å². The van der Waals surface area contributed by atoms with Crippen LogP contribution in [0, 0.1) is 24.0 Å². The summed E-state index contributed by atoms with van der Waals surface area (Å²) in [6.07, 6.45) is 0.463. The minimum atomic E-state index is -0.384. The van der Waals surface area contributed by atoms with Gasteiger partial charge in [-0.2, -0.15) is 0 Å². The number of rotatable bonds is 5. The van der Waals surface area contributed by atoms with Gasteiger partial charge in [-0.1, -0.05) is 0 Å². The maximum Gasteiger partial charge on any atom is 0.295 e. The average molecular weight is 258 g/mol. The van der Waals surface area contributed by atoms with Crippen LogP contribution in [0.2, 0.25) is 0 Å². The van der Waals surface area contributed by atoms with Gasteiger partial charge in [-0.3, -0.25) is 10.1 Å². The van der Waals surface area contributed by atoms with E-state index in [1.54, 1.807) is 6.92 Å². The minimum Gasteiger partial charge on any atom is -0.383 e. The molecule has 0 atom stereocenters. The van der Waals surface area contributed by atoms with Crippen LogP contribution < -0.4 is 5.32 Å². The molecule has 0 spiro atoms. The highest BCUT2D eigenvalue weighted by Crippen LogP contribution is 2.31. The molecule has 17 heavy (non-hydrogen) atoms. The number of hydrogen-bond donors (Lipinski definition) is 1. The molecule has 1 aromatic rings. The van der Waals surface area contributed by atoms with E-state index in [1.165, 1.54) is 0 Å². The van der Waals surface area contributed by atoms with Crippen molar-refractivity contribution < 1.29 is 4.92 Å². The van der Waals surface area contributed by atoms with E-state index < -0.39 is 0 Å². The summed E-state index contributed by atoms with van der Waals surface area (Å²) >= 11 is 5.72. The highest BCUT2D eigenvalue weighted by Gasteiger charge is 2.23. The summed E-state index contributed by atoms with van der Waals surface area (Å²) in [7, 11) is 0. The van der Waals surface area contributed by atoms with Crippen LogP contribution in [-0.2, 0) is 6.42 Å². The molecule has 6 heteroatoms. The molecule has 0 unspecified atom stereocenters. The summed E-state index contributed by atoms with van der Waals surface area (Å²) in [5.41, 5.74) is 2.68. The first-order valence-electron chi connectivity index (χ1n) is 5.47. The van der Waals surface area contributed by atoms with Gasteiger partial charge >= 0.3 is 0 Å². The van der Waals surface area contributed by atoms with E-state index >= 15 is 0 Å². The largest absolute Gasteiger partial charge is 0.383 e. The molecule has 0 saturated carbocycles. The smallest absolute Gasteiger partial charge is 0.295 e. The lowest BCUT2D eigenvalue weighted by Gasteiger charge is -2.14. The molecule has 0 radical (unpaired) electrons. The topological polar surface area (TPSA) is 68.1 Å². The van der Waals surface area contributed by atoms with Gasteiger partial charge in [-0.15, -0.1) is 11.6 Å². The maximum absolute atomic E-state index is 11.1. The summed E-state index contributed by atoms with van der Waals surface area (Å²) in [4.78, 5) is 14.9. The summed E-state index contributed by atoms with van der Waals surface area (Å²) < 4.78 is 0. The lowest BCUT2D eigenvalue weighted by Crippen LogP contribution is -2.10. The lowest BCUT2D eigenvalue weighted by atomic mass is 10.1. The van der Waals surface area contributed by atoms with Gasteiger partial charge in [-0.05, 0) is 27.2 Å². The van der Waals surface area contributed by atoms with Gasteiger partial charge in [0.25, 0.3) is 5.69 Å². The van der Waals surface area contributed by atoms with Crippen molar-refractivity contribution >= 4 is 23.0 Å². The molecule has 1 rings (SSSR count). The monoisotopic (exact) mass is 257 g/mol. The van der Waals surface area contributed by atoms with E-state index in [0.29, 0.717) is 30.1 Å². The molecule has 0 aliphatic carbocycles. The molecular weight excluding hydrogens is 242 g/mol. The van der Waals surface area contributed by atoms with Gasteiger partial charge in [0.1, 0.15) is 5.69 Å². The van der Waals surface area contributed by atoms with E-state index in [1.807, 2.05) is 13.8 Å². The van der Waals surface area contributed by atoms with Crippen LogP contribution in [-0.4, -0.2) is 22.3 Å². The van der Waals surface area contributed by atoms with Crippen LogP contribution in [0.3, 0.4) is 0 Å². The van der Waals surface area contributed by atoms with Crippen molar-refractivity contribution in [3.8, 4) is 0 Å². The van der Waals surface area contributed by atoms with Gasteiger partial charge in [0.15, 0.2) is 0 Å². The highest BCUT2D eigenvalue weighted by molar-refractivity contribution is 6.18. The third-order valence-corrected chi connectivity index (χ3v) is 2.70. The first-order valence-corrected chi connectivity index (χ1v) is 6.00. The van der Waals surface area contributed by atoms with Crippen molar-refractivity contribution in [3.05, 3.63) is 27.1 Å².